The largest absolute Gasteiger partial charge is 0.491 e. The molecule has 0 aliphatic rings. The van der Waals surface area contributed by atoms with Crippen molar-refractivity contribution in [1.82, 2.24) is 0 Å². The van der Waals surface area contributed by atoms with Gasteiger partial charge in [-0.05, 0) is 87.3 Å². The highest BCUT2D eigenvalue weighted by Crippen LogP contribution is 2.41. The van der Waals surface area contributed by atoms with E-state index in [1.165, 1.54) is 16.7 Å². The molecule has 0 amide bonds. The lowest BCUT2D eigenvalue weighted by Crippen LogP contribution is -2.26. The normalized spacial score (nSPS) is 13.3. The Morgan fingerprint density at radius 3 is 2.14 bits per heavy atom. The molecule has 3 N–H and O–H groups in total. The quantitative estimate of drug-likeness (QED) is 0.317. The van der Waals surface area contributed by atoms with Crippen molar-refractivity contribution < 1.29 is 24.9 Å². The second kappa shape index (κ2) is 12.4. The smallest absolute Gasteiger partial charge is 0.303 e. The summed E-state index contributed by atoms with van der Waals surface area (Å²) in [4.78, 5) is 10.6. The van der Waals surface area contributed by atoms with E-state index in [0.29, 0.717) is 12.8 Å². The van der Waals surface area contributed by atoms with Crippen molar-refractivity contribution in [3.63, 3.8) is 0 Å². The molecule has 0 aliphatic carbocycles. The molecule has 2 aromatic rings. The summed E-state index contributed by atoms with van der Waals surface area (Å²) < 4.78 is 5.86. The van der Waals surface area contributed by atoms with Gasteiger partial charge in [-0.2, -0.15) is 0 Å². The summed E-state index contributed by atoms with van der Waals surface area (Å²) >= 11 is 0. The third-order valence-corrected chi connectivity index (χ3v) is 6.79. The molecule has 0 aromatic heterocycles. The molecule has 1 atom stereocenters. The molecule has 0 heterocycles. The Bertz CT molecular complexity index is 1010. The van der Waals surface area contributed by atoms with E-state index < -0.39 is 17.7 Å². The zero-order valence-corrected chi connectivity index (χ0v) is 22.1. The Morgan fingerprint density at radius 1 is 1.03 bits per heavy atom. The van der Waals surface area contributed by atoms with Crippen LogP contribution in [0.2, 0.25) is 0 Å². The lowest BCUT2D eigenvalue weighted by Gasteiger charge is -2.34. The van der Waals surface area contributed by atoms with Crippen LogP contribution < -0.4 is 4.74 Å². The number of benzene rings is 2. The van der Waals surface area contributed by atoms with Gasteiger partial charge in [0, 0.05) is 11.8 Å². The first kappa shape index (κ1) is 28.6. The Kier molecular flexibility index (Phi) is 10.1. The summed E-state index contributed by atoms with van der Waals surface area (Å²) in [5, 5.41) is 28.9. The molecule has 0 radical (unpaired) electrons. The number of aliphatic hydroxyl groups excluding tert-OH is 1. The van der Waals surface area contributed by atoms with E-state index in [9.17, 15) is 15.0 Å². The first-order chi connectivity index (χ1) is 16.4. The van der Waals surface area contributed by atoms with Crippen LogP contribution in [-0.2, 0) is 10.2 Å². The average Bonchev–Trinajstić information content (AvgIpc) is 2.78. The van der Waals surface area contributed by atoms with Crippen LogP contribution in [0.5, 0.6) is 5.75 Å². The van der Waals surface area contributed by atoms with E-state index in [1.54, 1.807) is 13.8 Å². The molecule has 2 aromatic carbocycles. The fourth-order valence-corrected chi connectivity index (χ4v) is 4.55. The maximum absolute atomic E-state index is 10.6. The van der Waals surface area contributed by atoms with Crippen LogP contribution >= 0.6 is 0 Å². The molecule has 0 fully saturated rings. The monoisotopic (exact) mass is 482 g/mol. The van der Waals surface area contributed by atoms with Gasteiger partial charge in [0.15, 0.2) is 0 Å². The van der Waals surface area contributed by atoms with Crippen LogP contribution in [0.3, 0.4) is 0 Å². The number of rotatable bonds is 13. The zero-order chi connectivity index (χ0) is 26.2. The standard InChI is InChI=1S/C30H42O5/c1-7-30(8-2,24-13-12-23(21(3)18-24)16-17-29(5,6)34)25-14-15-27(22(4)19-25)35-20-26(31)10-9-11-28(32)33/h12-19,26,31,34H,7-11,20H2,1-6H3,(H,32,33)/b17-16+/t26-/m0/s1. The Morgan fingerprint density at radius 2 is 1.63 bits per heavy atom. The van der Waals surface area contributed by atoms with E-state index in [2.05, 4.69) is 51.1 Å². The van der Waals surface area contributed by atoms with Gasteiger partial charge in [0.2, 0.25) is 0 Å². The van der Waals surface area contributed by atoms with Crippen molar-refractivity contribution in [2.45, 2.75) is 90.8 Å². The minimum absolute atomic E-state index is 0.0526. The summed E-state index contributed by atoms with van der Waals surface area (Å²) in [6, 6.07) is 12.8. The van der Waals surface area contributed by atoms with Gasteiger partial charge in [0.05, 0.1) is 11.7 Å². The average molecular weight is 483 g/mol. The molecule has 0 bridgehead atoms. The number of carboxylic acid groups (broad SMARTS) is 1. The third kappa shape index (κ3) is 7.94. The fourth-order valence-electron chi connectivity index (χ4n) is 4.55. The summed E-state index contributed by atoms with van der Waals surface area (Å²) in [6.45, 7) is 12.2. The molecular formula is C30H42O5. The summed E-state index contributed by atoms with van der Waals surface area (Å²) in [5.74, 6) is -0.120. The number of ether oxygens (including phenoxy) is 1. The Balaban J connectivity index is 2.24. The van der Waals surface area contributed by atoms with Gasteiger partial charge in [-0.1, -0.05) is 56.3 Å². The maximum atomic E-state index is 10.6. The van der Waals surface area contributed by atoms with Crippen LogP contribution in [0.15, 0.2) is 42.5 Å². The summed E-state index contributed by atoms with van der Waals surface area (Å²) in [5.41, 5.74) is 4.78. The molecule has 0 spiro atoms. The molecular weight excluding hydrogens is 440 g/mol. The van der Waals surface area contributed by atoms with Crippen molar-refractivity contribution in [3.05, 3.63) is 70.3 Å². The molecule has 35 heavy (non-hydrogen) atoms. The van der Waals surface area contributed by atoms with E-state index in [0.717, 1.165) is 29.7 Å². The fraction of sp³-hybridized carbons (Fsp3) is 0.500. The number of hydrogen-bond donors (Lipinski definition) is 3. The molecule has 0 unspecified atom stereocenters. The molecule has 0 saturated heterocycles. The molecule has 2 rings (SSSR count). The second-order valence-corrected chi connectivity index (χ2v) is 10.1. The van der Waals surface area contributed by atoms with E-state index in [1.807, 2.05) is 25.1 Å². The van der Waals surface area contributed by atoms with Crippen LogP contribution in [0.25, 0.3) is 6.08 Å². The molecule has 0 saturated carbocycles. The molecule has 5 nitrogen and oxygen atoms in total. The number of aryl methyl sites for hydroxylation is 2. The van der Waals surface area contributed by atoms with Crippen molar-refractivity contribution in [3.8, 4) is 5.75 Å². The van der Waals surface area contributed by atoms with Crippen molar-refractivity contribution in [1.29, 1.82) is 0 Å². The SMILES string of the molecule is CCC(CC)(c1ccc(/C=C/C(C)(C)O)c(C)c1)c1ccc(OC[C@@H](O)CCCC(=O)O)c(C)c1. The van der Waals surface area contributed by atoms with Gasteiger partial charge in [0.1, 0.15) is 12.4 Å². The van der Waals surface area contributed by atoms with Gasteiger partial charge < -0.3 is 20.1 Å². The Labute approximate surface area is 210 Å². The van der Waals surface area contributed by atoms with Crippen LogP contribution in [0, 0.1) is 13.8 Å². The van der Waals surface area contributed by atoms with Gasteiger partial charge in [0.25, 0.3) is 0 Å². The van der Waals surface area contributed by atoms with Gasteiger partial charge in [-0.15, -0.1) is 0 Å². The minimum Gasteiger partial charge on any atom is -0.491 e. The van der Waals surface area contributed by atoms with Gasteiger partial charge >= 0.3 is 5.97 Å². The molecule has 192 valence electrons. The second-order valence-electron chi connectivity index (χ2n) is 10.1. The number of aliphatic hydroxyl groups is 2. The lowest BCUT2D eigenvalue weighted by molar-refractivity contribution is -0.137. The highest BCUT2D eigenvalue weighted by Gasteiger charge is 2.31. The number of hydrogen-bond acceptors (Lipinski definition) is 4. The number of carboxylic acids is 1. The Hall–Kier alpha value is -2.63. The van der Waals surface area contributed by atoms with Crippen LogP contribution in [0.1, 0.15) is 87.6 Å². The summed E-state index contributed by atoms with van der Waals surface area (Å²) in [6.07, 6.45) is 5.88. The highest BCUT2D eigenvalue weighted by molar-refractivity contribution is 5.66. The first-order valence-corrected chi connectivity index (χ1v) is 12.6. The number of carbonyl (C=O) groups is 1. The number of aliphatic carboxylic acids is 1. The molecule has 0 aliphatic heterocycles. The van der Waals surface area contributed by atoms with E-state index in [4.69, 9.17) is 9.84 Å². The lowest BCUT2D eigenvalue weighted by atomic mass is 9.70. The van der Waals surface area contributed by atoms with E-state index >= 15 is 0 Å². The highest BCUT2D eigenvalue weighted by atomic mass is 16.5. The zero-order valence-electron chi connectivity index (χ0n) is 22.1. The van der Waals surface area contributed by atoms with Crippen molar-refractivity contribution >= 4 is 12.0 Å². The summed E-state index contributed by atoms with van der Waals surface area (Å²) in [7, 11) is 0. The van der Waals surface area contributed by atoms with Crippen molar-refractivity contribution in [2.24, 2.45) is 0 Å². The van der Waals surface area contributed by atoms with Crippen molar-refractivity contribution in [2.75, 3.05) is 6.61 Å². The van der Waals surface area contributed by atoms with Gasteiger partial charge in [-0.3, -0.25) is 4.79 Å². The van der Waals surface area contributed by atoms with Gasteiger partial charge in [-0.25, -0.2) is 0 Å². The third-order valence-electron chi connectivity index (χ3n) is 6.79. The topological polar surface area (TPSA) is 87.0 Å². The first-order valence-electron chi connectivity index (χ1n) is 12.6. The van der Waals surface area contributed by atoms with Crippen LogP contribution in [-0.4, -0.2) is 39.6 Å². The predicted molar refractivity (Wildman–Crippen MR) is 142 cm³/mol. The minimum atomic E-state index is -0.852. The van der Waals surface area contributed by atoms with Crippen LogP contribution in [0.4, 0.5) is 0 Å². The van der Waals surface area contributed by atoms with E-state index in [-0.39, 0.29) is 18.4 Å². The molecule has 5 heteroatoms. The predicted octanol–water partition coefficient (Wildman–Crippen LogP) is 6.19. The maximum Gasteiger partial charge on any atom is 0.303 e.